The van der Waals surface area contributed by atoms with Gasteiger partial charge in [0, 0.05) is 5.69 Å². The van der Waals surface area contributed by atoms with E-state index in [1.807, 2.05) is 0 Å². The quantitative estimate of drug-likeness (QED) is 0.829. The zero-order valence-corrected chi connectivity index (χ0v) is 12.1. The van der Waals surface area contributed by atoms with Gasteiger partial charge in [-0.3, -0.25) is 4.79 Å². The maximum atomic E-state index is 12.6. The minimum Gasteiger partial charge on any atom is -0.489 e. The molecule has 0 aromatic heterocycles. The molecule has 0 fully saturated rings. The molecule has 0 spiro atoms. The lowest BCUT2D eigenvalue weighted by atomic mass is 10.1. The molecule has 2 rings (SSSR count). The molecule has 2 aromatic carbocycles. The Labute approximate surface area is 131 Å². The monoisotopic (exact) mass is 321 g/mol. The van der Waals surface area contributed by atoms with Crippen LogP contribution in [0.5, 0.6) is 5.75 Å². The molecule has 0 aliphatic carbocycles. The molecule has 2 aromatic rings. The molecular formula is C17H14F3NO2. The van der Waals surface area contributed by atoms with Crippen LogP contribution in [0.4, 0.5) is 18.9 Å². The van der Waals surface area contributed by atoms with Gasteiger partial charge in [0.15, 0.2) is 0 Å². The summed E-state index contributed by atoms with van der Waals surface area (Å²) in [5.41, 5.74) is 0.284. The highest BCUT2D eigenvalue weighted by Crippen LogP contribution is 2.29. The van der Waals surface area contributed by atoms with Crippen LogP contribution >= 0.6 is 0 Å². The van der Waals surface area contributed by atoms with Gasteiger partial charge >= 0.3 is 6.18 Å². The summed E-state index contributed by atoms with van der Waals surface area (Å²) in [5, 5.41) is 2.58. The number of hydrogen-bond acceptors (Lipinski definition) is 2. The van der Waals surface area contributed by atoms with Gasteiger partial charge < -0.3 is 10.1 Å². The summed E-state index contributed by atoms with van der Waals surface area (Å²) >= 11 is 0. The molecule has 0 radical (unpaired) electrons. The van der Waals surface area contributed by atoms with Crippen molar-refractivity contribution in [1.29, 1.82) is 0 Å². The summed E-state index contributed by atoms with van der Waals surface area (Å²) in [6, 6.07) is 11.5. The highest BCUT2D eigenvalue weighted by atomic mass is 19.4. The van der Waals surface area contributed by atoms with E-state index in [1.54, 1.807) is 30.3 Å². The van der Waals surface area contributed by atoms with Gasteiger partial charge in [-0.1, -0.05) is 18.7 Å². The van der Waals surface area contributed by atoms with Gasteiger partial charge in [0.05, 0.1) is 5.56 Å². The van der Waals surface area contributed by atoms with Crippen molar-refractivity contribution in [2.24, 2.45) is 0 Å². The SMILES string of the molecule is C=CC(=O)Nc1ccc(OCc2cccc(C(F)(F)F)c2)cc1. The van der Waals surface area contributed by atoms with Crippen LogP contribution in [0.25, 0.3) is 0 Å². The molecule has 23 heavy (non-hydrogen) atoms. The summed E-state index contributed by atoms with van der Waals surface area (Å²) in [4.78, 5) is 11.1. The lowest BCUT2D eigenvalue weighted by molar-refractivity contribution is -0.137. The first kappa shape index (κ1) is 16.6. The van der Waals surface area contributed by atoms with Gasteiger partial charge in [-0.25, -0.2) is 0 Å². The molecule has 1 amide bonds. The summed E-state index contributed by atoms with van der Waals surface area (Å²) < 4.78 is 43.3. The zero-order valence-electron chi connectivity index (χ0n) is 12.1. The predicted molar refractivity (Wildman–Crippen MR) is 81.0 cm³/mol. The second kappa shape index (κ2) is 7.00. The van der Waals surface area contributed by atoms with Crippen molar-refractivity contribution in [2.75, 3.05) is 5.32 Å². The molecule has 1 N–H and O–H groups in total. The number of ether oxygens (including phenoxy) is 1. The fraction of sp³-hybridized carbons (Fsp3) is 0.118. The number of nitrogens with one attached hydrogen (secondary N) is 1. The lowest BCUT2D eigenvalue weighted by Gasteiger charge is -2.10. The van der Waals surface area contributed by atoms with Crippen LogP contribution in [-0.2, 0) is 17.6 Å². The minimum absolute atomic E-state index is 0.0162. The first-order chi connectivity index (χ1) is 10.9. The van der Waals surface area contributed by atoms with Gasteiger partial charge in [0.25, 0.3) is 0 Å². The molecule has 0 saturated carbocycles. The van der Waals surface area contributed by atoms with Crippen LogP contribution in [-0.4, -0.2) is 5.91 Å². The number of carbonyl (C=O) groups excluding carboxylic acids is 1. The van der Waals surface area contributed by atoms with E-state index in [9.17, 15) is 18.0 Å². The smallest absolute Gasteiger partial charge is 0.416 e. The molecule has 6 heteroatoms. The minimum atomic E-state index is -4.37. The Balaban J connectivity index is 1.98. The van der Waals surface area contributed by atoms with Gasteiger partial charge in [0.2, 0.25) is 5.91 Å². The first-order valence-corrected chi connectivity index (χ1v) is 6.71. The van der Waals surface area contributed by atoms with E-state index in [-0.39, 0.29) is 12.5 Å². The largest absolute Gasteiger partial charge is 0.489 e. The Morgan fingerprint density at radius 2 is 1.87 bits per heavy atom. The third-order valence-electron chi connectivity index (χ3n) is 2.97. The number of carbonyl (C=O) groups is 1. The second-order valence-corrected chi connectivity index (χ2v) is 4.70. The van der Waals surface area contributed by atoms with E-state index in [0.29, 0.717) is 17.0 Å². The van der Waals surface area contributed by atoms with E-state index < -0.39 is 11.7 Å². The standard InChI is InChI=1S/C17H14F3NO2/c1-2-16(22)21-14-6-8-15(9-7-14)23-11-12-4-3-5-13(10-12)17(18,19)20/h2-10H,1,11H2,(H,21,22). The van der Waals surface area contributed by atoms with Crippen LogP contribution in [0.15, 0.2) is 61.2 Å². The van der Waals surface area contributed by atoms with E-state index in [1.165, 1.54) is 6.07 Å². The summed E-state index contributed by atoms with van der Waals surface area (Å²) in [7, 11) is 0. The van der Waals surface area contributed by atoms with E-state index in [0.717, 1.165) is 18.2 Å². The van der Waals surface area contributed by atoms with Crippen LogP contribution in [0.3, 0.4) is 0 Å². The van der Waals surface area contributed by atoms with Crippen LogP contribution in [0, 0.1) is 0 Å². The van der Waals surface area contributed by atoms with Gasteiger partial charge in [0.1, 0.15) is 12.4 Å². The molecule has 0 bridgehead atoms. The number of rotatable bonds is 5. The second-order valence-electron chi connectivity index (χ2n) is 4.70. The number of hydrogen-bond donors (Lipinski definition) is 1. The zero-order chi connectivity index (χ0) is 16.9. The van der Waals surface area contributed by atoms with Crippen molar-refractivity contribution in [3.05, 3.63) is 72.3 Å². The van der Waals surface area contributed by atoms with E-state index in [4.69, 9.17) is 4.74 Å². The number of halogens is 3. The van der Waals surface area contributed by atoms with Crippen molar-refractivity contribution in [3.63, 3.8) is 0 Å². The number of benzene rings is 2. The fourth-order valence-corrected chi connectivity index (χ4v) is 1.83. The summed E-state index contributed by atoms with van der Waals surface area (Å²) in [6.07, 6.45) is -3.22. The highest BCUT2D eigenvalue weighted by Gasteiger charge is 2.30. The third-order valence-corrected chi connectivity index (χ3v) is 2.97. The number of amides is 1. The Hall–Kier alpha value is -2.76. The van der Waals surface area contributed by atoms with Crippen molar-refractivity contribution in [3.8, 4) is 5.75 Å². The number of alkyl halides is 3. The normalized spacial score (nSPS) is 10.9. The molecule has 0 aliphatic heterocycles. The lowest BCUT2D eigenvalue weighted by Crippen LogP contribution is -2.07. The van der Waals surface area contributed by atoms with Crippen molar-refractivity contribution in [1.82, 2.24) is 0 Å². The molecule has 0 atom stereocenters. The molecule has 3 nitrogen and oxygen atoms in total. The Bertz CT molecular complexity index is 694. The van der Waals surface area contributed by atoms with Crippen molar-refractivity contribution < 1.29 is 22.7 Å². The number of anilines is 1. The van der Waals surface area contributed by atoms with Crippen LogP contribution in [0.1, 0.15) is 11.1 Å². The Kier molecular flexibility index (Phi) is 5.05. The van der Waals surface area contributed by atoms with E-state index >= 15 is 0 Å². The van der Waals surface area contributed by atoms with E-state index in [2.05, 4.69) is 11.9 Å². The average molecular weight is 321 g/mol. The average Bonchev–Trinajstić information content (AvgIpc) is 2.53. The first-order valence-electron chi connectivity index (χ1n) is 6.71. The summed E-state index contributed by atoms with van der Waals surface area (Å²) in [6.45, 7) is 3.36. The van der Waals surface area contributed by atoms with Gasteiger partial charge in [-0.05, 0) is 48.0 Å². The third kappa shape index (κ3) is 4.88. The topological polar surface area (TPSA) is 38.3 Å². The van der Waals surface area contributed by atoms with Crippen molar-refractivity contribution >= 4 is 11.6 Å². The highest BCUT2D eigenvalue weighted by molar-refractivity contribution is 5.98. The summed E-state index contributed by atoms with van der Waals surface area (Å²) in [5.74, 6) is 0.154. The van der Waals surface area contributed by atoms with Crippen LogP contribution < -0.4 is 10.1 Å². The Morgan fingerprint density at radius 3 is 2.48 bits per heavy atom. The molecule has 120 valence electrons. The molecule has 0 aliphatic rings. The maximum absolute atomic E-state index is 12.6. The van der Waals surface area contributed by atoms with Gasteiger partial charge in [-0.15, -0.1) is 0 Å². The molecular weight excluding hydrogens is 307 g/mol. The van der Waals surface area contributed by atoms with Crippen LogP contribution in [0.2, 0.25) is 0 Å². The van der Waals surface area contributed by atoms with Gasteiger partial charge in [-0.2, -0.15) is 13.2 Å². The fourth-order valence-electron chi connectivity index (χ4n) is 1.83. The van der Waals surface area contributed by atoms with Crippen molar-refractivity contribution in [2.45, 2.75) is 12.8 Å². The Morgan fingerprint density at radius 1 is 1.17 bits per heavy atom. The maximum Gasteiger partial charge on any atom is 0.416 e. The predicted octanol–water partition coefficient (Wildman–Crippen LogP) is 4.41. The molecule has 0 saturated heterocycles. The molecule has 0 heterocycles. The molecule has 0 unspecified atom stereocenters.